The van der Waals surface area contributed by atoms with Gasteiger partial charge in [-0.2, -0.15) is 0 Å². The van der Waals surface area contributed by atoms with Gasteiger partial charge >= 0.3 is 0 Å². The first-order valence-corrected chi connectivity index (χ1v) is 10.3. The van der Waals surface area contributed by atoms with Gasteiger partial charge in [0.15, 0.2) is 5.78 Å². The molecule has 0 spiro atoms. The predicted octanol–water partition coefficient (Wildman–Crippen LogP) is 5.14. The summed E-state index contributed by atoms with van der Waals surface area (Å²) in [5, 5.41) is 0. The van der Waals surface area contributed by atoms with Gasteiger partial charge in [-0.1, -0.05) is 39.3 Å². The number of ketones is 2. The molecule has 0 unspecified atom stereocenters. The maximum Gasteiger partial charge on any atom is 0.178 e. The van der Waals surface area contributed by atoms with Crippen LogP contribution < -0.4 is 0 Å². The highest BCUT2D eigenvalue weighted by atomic mass is 16.1. The Bertz CT molecular complexity index is 670. The second-order valence-electron chi connectivity index (χ2n) is 9.83. The van der Waals surface area contributed by atoms with Gasteiger partial charge in [-0.15, -0.1) is 0 Å². The zero-order chi connectivity index (χ0) is 18.0. The summed E-state index contributed by atoms with van der Waals surface area (Å²) in [6.45, 7) is 8.90. The molecule has 25 heavy (non-hydrogen) atoms. The van der Waals surface area contributed by atoms with Gasteiger partial charge in [-0.25, -0.2) is 0 Å². The molecule has 4 aliphatic rings. The van der Waals surface area contributed by atoms with Crippen molar-refractivity contribution in [3.63, 3.8) is 0 Å². The van der Waals surface area contributed by atoms with E-state index >= 15 is 0 Å². The number of fused-ring (bicyclic) bond motifs is 5. The number of hydrogen-bond acceptors (Lipinski definition) is 2. The van der Waals surface area contributed by atoms with Crippen LogP contribution in [0.15, 0.2) is 23.8 Å². The summed E-state index contributed by atoms with van der Waals surface area (Å²) < 4.78 is 0. The van der Waals surface area contributed by atoms with Crippen LogP contribution in [0.25, 0.3) is 0 Å². The predicted molar refractivity (Wildman–Crippen MR) is 100.0 cm³/mol. The highest BCUT2D eigenvalue weighted by Crippen LogP contribution is 2.66. The van der Waals surface area contributed by atoms with E-state index in [-0.39, 0.29) is 28.4 Å². The van der Waals surface area contributed by atoms with E-state index in [0.717, 1.165) is 12.8 Å². The lowest BCUT2D eigenvalue weighted by Gasteiger charge is -2.57. The Morgan fingerprint density at radius 1 is 1.12 bits per heavy atom. The molecule has 0 aliphatic heterocycles. The molecule has 0 bridgehead atoms. The minimum atomic E-state index is 0.0678. The van der Waals surface area contributed by atoms with Gasteiger partial charge < -0.3 is 0 Å². The third kappa shape index (κ3) is 2.35. The lowest BCUT2D eigenvalue weighted by atomic mass is 9.47. The summed E-state index contributed by atoms with van der Waals surface area (Å²) in [5.41, 5.74) is 1.63. The summed E-state index contributed by atoms with van der Waals surface area (Å²) in [6, 6.07) is 0. The molecule has 2 nitrogen and oxygen atoms in total. The number of carbonyl (C=O) groups is 2. The summed E-state index contributed by atoms with van der Waals surface area (Å²) >= 11 is 0. The normalized spacial score (nSPS) is 45.6. The van der Waals surface area contributed by atoms with Gasteiger partial charge in [-0.3, -0.25) is 9.59 Å². The highest BCUT2D eigenvalue weighted by Gasteiger charge is 2.59. The van der Waals surface area contributed by atoms with Crippen LogP contribution >= 0.6 is 0 Å². The van der Waals surface area contributed by atoms with Crippen molar-refractivity contribution < 1.29 is 9.59 Å². The van der Waals surface area contributed by atoms with E-state index in [1.54, 1.807) is 6.08 Å². The fraction of sp³-hybridized carbons (Fsp3) is 0.739. The fourth-order valence-electron chi connectivity index (χ4n) is 7.07. The minimum Gasteiger partial charge on any atom is -0.299 e. The first-order chi connectivity index (χ1) is 11.8. The van der Waals surface area contributed by atoms with Gasteiger partial charge in [0.25, 0.3) is 0 Å². The fourth-order valence-corrected chi connectivity index (χ4v) is 7.07. The van der Waals surface area contributed by atoms with Gasteiger partial charge in [0.2, 0.25) is 0 Å². The van der Waals surface area contributed by atoms with E-state index in [1.807, 2.05) is 6.08 Å². The lowest BCUT2D eigenvalue weighted by Crippen LogP contribution is -2.50. The van der Waals surface area contributed by atoms with Crippen LogP contribution in [-0.2, 0) is 9.59 Å². The van der Waals surface area contributed by atoms with Gasteiger partial charge in [-0.05, 0) is 73.8 Å². The molecule has 4 aliphatic carbocycles. The first kappa shape index (κ1) is 17.2. The molecule has 2 heteroatoms. The largest absolute Gasteiger partial charge is 0.299 e. The summed E-state index contributed by atoms with van der Waals surface area (Å²) in [4.78, 5) is 24.7. The van der Waals surface area contributed by atoms with E-state index in [9.17, 15) is 9.59 Å². The van der Waals surface area contributed by atoms with Crippen LogP contribution in [0.3, 0.4) is 0 Å². The number of Topliss-reactive ketones (excluding diaryl/α,β-unsaturated/α-hetero) is 1. The average molecular weight is 341 g/mol. The Balaban J connectivity index is 1.65. The van der Waals surface area contributed by atoms with E-state index < -0.39 is 0 Å². The third-order valence-electron chi connectivity index (χ3n) is 8.47. The van der Waals surface area contributed by atoms with Crippen molar-refractivity contribution >= 4 is 11.6 Å². The standard InChI is InChI=1S/C23H32O2/c1-14(2)21(25)20-8-7-18-17-6-5-15-13-16(24)9-11-22(15,3)19(17)10-12-23(18,20)4/h9,11,13-14,17-20H,5-8,10,12H2,1-4H3/t17-,18-,19-,20+,22-,23-/m0/s1. The summed E-state index contributed by atoms with van der Waals surface area (Å²) in [7, 11) is 0. The first-order valence-electron chi connectivity index (χ1n) is 10.3. The van der Waals surface area contributed by atoms with Crippen molar-refractivity contribution in [1.82, 2.24) is 0 Å². The Kier molecular flexibility index (Phi) is 3.90. The van der Waals surface area contributed by atoms with E-state index in [2.05, 4.69) is 33.8 Å². The SMILES string of the molecule is CC(C)C(=O)[C@H]1CC[C@H]2[C@@H]3CCC4=CC(=O)C=C[C@]4(C)[C@H]3CC[C@]12C. The third-order valence-corrected chi connectivity index (χ3v) is 8.47. The molecule has 0 aromatic carbocycles. The molecule has 3 fully saturated rings. The molecule has 0 aromatic rings. The van der Waals surface area contributed by atoms with Crippen LogP contribution in [0.5, 0.6) is 0 Å². The van der Waals surface area contributed by atoms with Gasteiger partial charge in [0.1, 0.15) is 5.78 Å². The van der Waals surface area contributed by atoms with Crippen molar-refractivity contribution in [3.8, 4) is 0 Å². The smallest absolute Gasteiger partial charge is 0.178 e. The van der Waals surface area contributed by atoms with Gasteiger partial charge in [0.05, 0.1) is 0 Å². The molecule has 0 N–H and O–H groups in total. The van der Waals surface area contributed by atoms with Crippen LogP contribution in [0.2, 0.25) is 0 Å². The molecule has 0 amide bonds. The number of hydrogen-bond donors (Lipinski definition) is 0. The molecule has 0 saturated heterocycles. The molecule has 4 rings (SSSR count). The molecule has 0 heterocycles. The Labute approximate surface area is 152 Å². The quantitative estimate of drug-likeness (QED) is 0.698. The van der Waals surface area contributed by atoms with Crippen molar-refractivity contribution in [2.75, 3.05) is 0 Å². The van der Waals surface area contributed by atoms with Crippen molar-refractivity contribution in [1.29, 1.82) is 0 Å². The second kappa shape index (κ2) is 5.66. The topological polar surface area (TPSA) is 34.1 Å². The molecule has 3 saturated carbocycles. The van der Waals surface area contributed by atoms with E-state index in [4.69, 9.17) is 0 Å². The Morgan fingerprint density at radius 3 is 2.60 bits per heavy atom. The van der Waals surface area contributed by atoms with Crippen molar-refractivity contribution in [3.05, 3.63) is 23.8 Å². The van der Waals surface area contributed by atoms with E-state index in [0.29, 0.717) is 23.5 Å². The monoisotopic (exact) mass is 340 g/mol. The minimum absolute atomic E-state index is 0.0678. The maximum absolute atomic E-state index is 12.8. The highest BCUT2D eigenvalue weighted by molar-refractivity contribution is 6.01. The van der Waals surface area contributed by atoms with Crippen LogP contribution in [0, 0.1) is 40.4 Å². The average Bonchev–Trinajstić information content (AvgIpc) is 2.92. The molecule has 0 radical (unpaired) electrons. The van der Waals surface area contributed by atoms with Crippen LogP contribution in [0.4, 0.5) is 0 Å². The van der Waals surface area contributed by atoms with Crippen LogP contribution in [-0.4, -0.2) is 11.6 Å². The zero-order valence-electron chi connectivity index (χ0n) is 16.2. The molecular formula is C23H32O2. The number of rotatable bonds is 2. The molecule has 6 atom stereocenters. The summed E-state index contributed by atoms with van der Waals surface area (Å²) in [6.07, 6.45) is 12.9. The van der Waals surface area contributed by atoms with Crippen molar-refractivity contribution in [2.24, 2.45) is 40.4 Å². The zero-order valence-corrected chi connectivity index (χ0v) is 16.2. The number of allylic oxidation sites excluding steroid dienone is 4. The lowest BCUT2D eigenvalue weighted by molar-refractivity contribution is -0.132. The molecular weight excluding hydrogens is 308 g/mol. The maximum atomic E-state index is 12.8. The van der Waals surface area contributed by atoms with Gasteiger partial charge in [0, 0.05) is 17.3 Å². The molecule has 0 aromatic heterocycles. The number of carbonyl (C=O) groups excluding carboxylic acids is 2. The Hall–Kier alpha value is -1.18. The second-order valence-corrected chi connectivity index (χ2v) is 9.83. The van der Waals surface area contributed by atoms with Crippen LogP contribution in [0.1, 0.15) is 66.2 Å². The summed E-state index contributed by atoms with van der Waals surface area (Å²) in [5.74, 6) is 3.12. The molecule has 136 valence electrons. The van der Waals surface area contributed by atoms with E-state index in [1.165, 1.54) is 31.3 Å². The Morgan fingerprint density at radius 2 is 1.88 bits per heavy atom. The van der Waals surface area contributed by atoms with Crippen molar-refractivity contribution in [2.45, 2.75) is 66.2 Å².